The van der Waals surface area contributed by atoms with Gasteiger partial charge in [-0.3, -0.25) is 4.79 Å². The topological polar surface area (TPSA) is 52.6 Å². The van der Waals surface area contributed by atoms with Crippen molar-refractivity contribution in [1.29, 1.82) is 0 Å². The maximum Gasteiger partial charge on any atom is 0.343 e. The summed E-state index contributed by atoms with van der Waals surface area (Å²) in [6.07, 6.45) is 1.76. The average molecular weight is 317 g/mol. The quantitative estimate of drug-likeness (QED) is 0.634. The van der Waals surface area contributed by atoms with Crippen molar-refractivity contribution in [3.05, 3.63) is 59.1 Å². The van der Waals surface area contributed by atoms with E-state index in [1.54, 1.807) is 42.5 Å². The van der Waals surface area contributed by atoms with Gasteiger partial charge in [0.25, 0.3) is 0 Å². The number of benzene rings is 2. The van der Waals surface area contributed by atoms with Crippen LogP contribution in [0.25, 0.3) is 0 Å². The smallest absolute Gasteiger partial charge is 0.343 e. The van der Waals surface area contributed by atoms with Gasteiger partial charge in [0.2, 0.25) is 0 Å². The number of halogens is 1. The SMILES string of the molecule is O=C(Oc1cccc(OC(=O)C2CC2)c1)c1ccc(Cl)cc1. The number of ether oxygens (including phenoxy) is 2. The van der Waals surface area contributed by atoms with Crippen molar-refractivity contribution >= 4 is 23.5 Å². The van der Waals surface area contributed by atoms with E-state index in [0.29, 0.717) is 22.1 Å². The molecule has 0 bridgehead atoms. The Morgan fingerprint density at radius 3 is 2.23 bits per heavy atom. The fourth-order valence-electron chi connectivity index (χ4n) is 1.87. The molecular formula is C17H13ClO4. The second-order valence-electron chi connectivity index (χ2n) is 5.07. The van der Waals surface area contributed by atoms with Crippen LogP contribution in [0.4, 0.5) is 0 Å². The molecule has 112 valence electrons. The molecule has 0 amide bonds. The summed E-state index contributed by atoms with van der Waals surface area (Å²) in [5.41, 5.74) is 0.393. The number of hydrogen-bond donors (Lipinski definition) is 0. The summed E-state index contributed by atoms with van der Waals surface area (Å²) in [6.45, 7) is 0. The first kappa shape index (κ1) is 14.6. The van der Waals surface area contributed by atoms with Gasteiger partial charge in [0.1, 0.15) is 11.5 Å². The lowest BCUT2D eigenvalue weighted by Crippen LogP contribution is -2.11. The van der Waals surface area contributed by atoms with Gasteiger partial charge in [0.05, 0.1) is 11.5 Å². The zero-order valence-corrected chi connectivity index (χ0v) is 12.4. The normalized spacial score (nSPS) is 13.5. The van der Waals surface area contributed by atoms with Gasteiger partial charge in [-0.05, 0) is 49.2 Å². The second kappa shape index (κ2) is 6.20. The van der Waals surface area contributed by atoms with Gasteiger partial charge in [0, 0.05) is 11.1 Å². The molecule has 0 aromatic heterocycles. The van der Waals surface area contributed by atoms with Crippen LogP contribution in [0.1, 0.15) is 23.2 Å². The first-order chi connectivity index (χ1) is 10.6. The van der Waals surface area contributed by atoms with Crippen molar-refractivity contribution in [3.8, 4) is 11.5 Å². The lowest BCUT2D eigenvalue weighted by atomic mass is 10.2. The van der Waals surface area contributed by atoms with Crippen LogP contribution in [0.2, 0.25) is 5.02 Å². The van der Waals surface area contributed by atoms with Crippen LogP contribution in [0.3, 0.4) is 0 Å². The number of carbonyl (C=O) groups excluding carboxylic acids is 2. The third-order valence-electron chi connectivity index (χ3n) is 3.23. The Morgan fingerprint density at radius 2 is 1.59 bits per heavy atom. The van der Waals surface area contributed by atoms with E-state index in [1.807, 2.05) is 0 Å². The second-order valence-corrected chi connectivity index (χ2v) is 5.50. The van der Waals surface area contributed by atoms with Crippen LogP contribution in [-0.2, 0) is 4.79 Å². The summed E-state index contributed by atoms with van der Waals surface area (Å²) in [7, 11) is 0. The molecule has 2 aromatic carbocycles. The standard InChI is InChI=1S/C17H13ClO4/c18-13-8-6-12(7-9-13)17(20)22-15-3-1-2-14(10-15)21-16(19)11-4-5-11/h1-3,6-11H,4-5H2. The summed E-state index contributed by atoms with van der Waals surface area (Å²) in [5.74, 6) is -0.0249. The highest BCUT2D eigenvalue weighted by atomic mass is 35.5. The Bertz CT molecular complexity index is 705. The van der Waals surface area contributed by atoms with Crippen molar-refractivity contribution in [2.24, 2.45) is 5.92 Å². The van der Waals surface area contributed by atoms with E-state index in [1.165, 1.54) is 6.07 Å². The minimum absolute atomic E-state index is 0.0141. The van der Waals surface area contributed by atoms with Crippen LogP contribution in [0, 0.1) is 5.92 Å². The van der Waals surface area contributed by atoms with Gasteiger partial charge in [-0.2, -0.15) is 0 Å². The molecule has 0 saturated heterocycles. The van der Waals surface area contributed by atoms with E-state index in [2.05, 4.69) is 0 Å². The number of esters is 2. The first-order valence-electron chi connectivity index (χ1n) is 6.91. The third-order valence-corrected chi connectivity index (χ3v) is 3.48. The molecule has 0 N–H and O–H groups in total. The molecule has 22 heavy (non-hydrogen) atoms. The number of carbonyl (C=O) groups is 2. The Morgan fingerprint density at radius 1 is 0.955 bits per heavy atom. The predicted octanol–water partition coefficient (Wildman–Crippen LogP) is 3.87. The lowest BCUT2D eigenvalue weighted by molar-refractivity contribution is -0.135. The lowest BCUT2D eigenvalue weighted by Gasteiger charge is -2.07. The summed E-state index contributed by atoms with van der Waals surface area (Å²) in [6, 6.07) is 12.9. The number of rotatable bonds is 4. The Balaban J connectivity index is 1.67. The first-order valence-corrected chi connectivity index (χ1v) is 7.29. The third kappa shape index (κ3) is 3.65. The van der Waals surface area contributed by atoms with Gasteiger partial charge in [-0.15, -0.1) is 0 Å². The van der Waals surface area contributed by atoms with Gasteiger partial charge in [0.15, 0.2) is 0 Å². The molecule has 0 aliphatic heterocycles. The van der Waals surface area contributed by atoms with Crippen LogP contribution < -0.4 is 9.47 Å². The highest BCUT2D eigenvalue weighted by Crippen LogP contribution is 2.31. The summed E-state index contributed by atoms with van der Waals surface area (Å²) < 4.78 is 10.5. The van der Waals surface area contributed by atoms with Crippen molar-refractivity contribution in [2.45, 2.75) is 12.8 Å². The highest BCUT2D eigenvalue weighted by molar-refractivity contribution is 6.30. The zero-order chi connectivity index (χ0) is 15.5. The molecule has 0 spiro atoms. The van der Waals surface area contributed by atoms with Crippen molar-refractivity contribution in [1.82, 2.24) is 0 Å². The van der Waals surface area contributed by atoms with Gasteiger partial charge in [-0.1, -0.05) is 17.7 Å². The van der Waals surface area contributed by atoms with Crippen molar-refractivity contribution < 1.29 is 19.1 Å². The van der Waals surface area contributed by atoms with Crippen LogP contribution >= 0.6 is 11.6 Å². The van der Waals surface area contributed by atoms with E-state index in [4.69, 9.17) is 21.1 Å². The molecule has 0 radical (unpaired) electrons. The molecule has 0 atom stereocenters. The highest BCUT2D eigenvalue weighted by Gasteiger charge is 2.31. The number of hydrogen-bond acceptors (Lipinski definition) is 4. The molecule has 1 aliphatic carbocycles. The van der Waals surface area contributed by atoms with Crippen LogP contribution in [0.5, 0.6) is 11.5 Å². The maximum atomic E-state index is 12.0. The Labute approximate surface area is 132 Å². The summed E-state index contributed by atoms with van der Waals surface area (Å²) >= 11 is 5.78. The van der Waals surface area contributed by atoms with Crippen molar-refractivity contribution in [2.75, 3.05) is 0 Å². The van der Waals surface area contributed by atoms with E-state index >= 15 is 0 Å². The fourth-order valence-corrected chi connectivity index (χ4v) is 2.00. The summed E-state index contributed by atoms with van der Waals surface area (Å²) in [4.78, 5) is 23.6. The fraction of sp³-hybridized carbons (Fsp3) is 0.176. The van der Waals surface area contributed by atoms with Gasteiger partial charge in [-0.25, -0.2) is 4.79 Å². The van der Waals surface area contributed by atoms with E-state index in [9.17, 15) is 9.59 Å². The van der Waals surface area contributed by atoms with E-state index in [-0.39, 0.29) is 11.9 Å². The molecule has 5 heteroatoms. The molecule has 1 aliphatic rings. The van der Waals surface area contributed by atoms with Crippen LogP contribution in [0.15, 0.2) is 48.5 Å². The van der Waals surface area contributed by atoms with Gasteiger partial charge >= 0.3 is 11.9 Å². The molecule has 3 rings (SSSR count). The molecule has 4 nitrogen and oxygen atoms in total. The zero-order valence-electron chi connectivity index (χ0n) is 11.6. The van der Waals surface area contributed by atoms with Crippen molar-refractivity contribution in [3.63, 3.8) is 0 Å². The van der Waals surface area contributed by atoms with E-state index in [0.717, 1.165) is 12.8 Å². The molecule has 1 saturated carbocycles. The monoisotopic (exact) mass is 316 g/mol. The average Bonchev–Trinajstić information content (AvgIpc) is 3.33. The summed E-state index contributed by atoms with van der Waals surface area (Å²) in [5, 5.41) is 0.547. The molecule has 0 unspecified atom stereocenters. The molecule has 0 heterocycles. The largest absolute Gasteiger partial charge is 0.426 e. The molecule has 2 aromatic rings. The van der Waals surface area contributed by atoms with Crippen LogP contribution in [-0.4, -0.2) is 11.9 Å². The Kier molecular flexibility index (Phi) is 4.11. The van der Waals surface area contributed by atoms with Gasteiger partial charge < -0.3 is 9.47 Å². The Hall–Kier alpha value is -2.33. The maximum absolute atomic E-state index is 12.0. The minimum atomic E-state index is -0.498. The van der Waals surface area contributed by atoms with E-state index < -0.39 is 5.97 Å². The predicted molar refractivity (Wildman–Crippen MR) is 81.2 cm³/mol. The molecule has 1 fully saturated rings. The minimum Gasteiger partial charge on any atom is -0.426 e. The molecular weight excluding hydrogens is 304 g/mol.